The van der Waals surface area contributed by atoms with Crippen LogP contribution in [0.15, 0.2) is 36.5 Å². The van der Waals surface area contributed by atoms with Gasteiger partial charge < -0.3 is 14.8 Å². The van der Waals surface area contributed by atoms with Gasteiger partial charge in [0.15, 0.2) is 0 Å². The number of hydrogen-bond acceptors (Lipinski definition) is 3. The first-order valence-corrected chi connectivity index (χ1v) is 7.61. The van der Waals surface area contributed by atoms with E-state index < -0.39 is 0 Å². The Balaban J connectivity index is 2.38. The Morgan fingerprint density at radius 2 is 1.91 bits per heavy atom. The van der Waals surface area contributed by atoms with E-state index in [9.17, 15) is 10.1 Å². The second-order valence-electron chi connectivity index (χ2n) is 6.07. The molecule has 1 amide bonds. The lowest BCUT2D eigenvalue weighted by atomic mass is 10.2. The summed E-state index contributed by atoms with van der Waals surface area (Å²) in [5.41, 5.74) is 2.69. The number of rotatable bonds is 5. The molecule has 0 unspecified atom stereocenters. The van der Waals surface area contributed by atoms with Crippen LogP contribution in [0.4, 0.5) is 5.69 Å². The first-order chi connectivity index (χ1) is 10.9. The molecule has 2 aromatic rings. The van der Waals surface area contributed by atoms with E-state index in [1.54, 1.807) is 16.8 Å². The number of carbonyl (C=O) groups excluding carboxylic acids is 1. The normalized spacial score (nSPS) is 10.4. The third-order valence-corrected chi connectivity index (χ3v) is 3.54. The summed E-state index contributed by atoms with van der Waals surface area (Å²) in [5.74, 6) is 0.129. The second kappa shape index (κ2) is 7.01. The molecule has 23 heavy (non-hydrogen) atoms. The molecule has 0 bridgehead atoms. The molecule has 0 saturated heterocycles. The highest BCUT2D eigenvalue weighted by molar-refractivity contribution is 5.95. The van der Waals surface area contributed by atoms with Crippen LogP contribution in [-0.4, -0.2) is 31.1 Å². The zero-order chi connectivity index (χ0) is 17.0. The van der Waals surface area contributed by atoms with Gasteiger partial charge in [0.05, 0.1) is 5.56 Å². The summed E-state index contributed by atoms with van der Waals surface area (Å²) >= 11 is 0. The average Bonchev–Trinajstić information content (AvgIpc) is 2.96. The van der Waals surface area contributed by atoms with Crippen molar-refractivity contribution in [1.29, 1.82) is 5.26 Å². The summed E-state index contributed by atoms with van der Waals surface area (Å²) in [4.78, 5) is 14.5. The number of nitrogens with zero attached hydrogens (tertiary/aromatic N) is 3. The number of hydrogen-bond donors (Lipinski definition) is 1. The molecule has 2 rings (SSSR count). The largest absolute Gasteiger partial charge is 0.378 e. The predicted molar refractivity (Wildman–Crippen MR) is 92.0 cm³/mol. The van der Waals surface area contributed by atoms with E-state index in [0.717, 1.165) is 11.4 Å². The van der Waals surface area contributed by atoms with E-state index in [0.29, 0.717) is 23.7 Å². The van der Waals surface area contributed by atoms with Crippen molar-refractivity contribution in [1.82, 2.24) is 9.88 Å². The summed E-state index contributed by atoms with van der Waals surface area (Å²) in [7, 11) is 3.95. The van der Waals surface area contributed by atoms with Crippen molar-refractivity contribution in [2.75, 3.05) is 25.5 Å². The van der Waals surface area contributed by atoms with Gasteiger partial charge >= 0.3 is 0 Å². The van der Waals surface area contributed by atoms with Gasteiger partial charge in [0.2, 0.25) is 0 Å². The number of aromatic nitrogens is 1. The molecule has 0 aliphatic rings. The molecule has 120 valence electrons. The molecule has 0 radical (unpaired) electrons. The van der Waals surface area contributed by atoms with Gasteiger partial charge in [0, 0.05) is 38.2 Å². The maximum absolute atomic E-state index is 12.5. The van der Waals surface area contributed by atoms with Gasteiger partial charge in [-0.1, -0.05) is 13.8 Å². The minimum absolute atomic E-state index is 0.225. The number of nitriles is 1. The smallest absolute Gasteiger partial charge is 0.269 e. The Bertz CT molecular complexity index is 720. The van der Waals surface area contributed by atoms with E-state index in [-0.39, 0.29) is 5.91 Å². The van der Waals surface area contributed by atoms with Crippen molar-refractivity contribution in [2.24, 2.45) is 5.92 Å². The standard InChI is InChI=1S/C18H22N4O/c1-13(2)12-20-18(23)17-14(11-19)9-10-22(17)16-7-5-15(6-8-16)21(3)4/h5-10,13H,12H2,1-4H3,(H,20,23). The maximum Gasteiger partial charge on any atom is 0.269 e. The van der Waals surface area contributed by atoms with Crippen LogP contribution in [0.25, 0.3) is 5.69 Å². The average molecular weight is 310 g/mol. The van der Waals surface area contributed by atoms with Gasteiger partial charge in [-0.25, -0.2) is 0 Å². The van der Waals surface area contributed by atoms with E-state index in [2.05, 4.69) is 11.4 Å². The van der Waals surface area contributed by atoms with E-state index in [1.165, 1.54) is 0 Å². The zero-order valence-corrected chi connectivity index (χ0v) is 14.0. The molecule has 0 aliphatic heterocycles. The van der Waals surface area contributed by atoms with Crippen LogP contribution in [0.2, 0.25) is 0 Å². The van der Waals surface area contributed by atoms with E-state index in [1.807, 2.05) is 57.1 Å². The molecule has 5 heteroatoms. The monoisotopic (exact) mass is 310 g/mol. The van der Waals surface area contributed by atoms with Crippen LogP contribution in [0, 0.1) is 17.2 Å². The summed E-state index contributed by atoms with van der Waals surface area (Å²) < 4.78 is 1.76. The topological polar surface area (TPSA) is 61.1 Å². The highest BCUT2D eigenvalue weighted by Gasteiger charge is 2.18. The van der Waals surface area contributed by atoms with Gasteiger partial charge in [-0.15, -0.1) is 0 Å². The molecule has 0 fully saturated rings. The minimum Gasteiger partial charge on any atom is -0.378 e. The fourth-order valence-corrected chi connectivity index (χ4v) is 2.26. The summed E-state index contributed by atoms with van der Waals surface area (Å²) in [6, 6.07) is 11.6. The van der Waals surface area contributed by atoms with Gasteiger partial charge in [0.25, 0.3) is 5.91 Å². The Labute approximate surface area is 137 Å². The van der Waals surface area contributed by atoms with Gasteiger partial charge in [-0.3, -0.25) is 4.79 Å². The third kappa shape index (κ3) is 3.72. The fraction of sp³-hybridized carbons (Fsp3) is 0.333. The van der Waals surface area contributed by atoms with E-state index in [4.69, 9.17) is 0 Å². The van der Waals surface area contributed by atoms with Crippen LogP contribution in [0.5, 0.6) is 0 Å². The quantitative estimate of drug-likeness (QED) is 0.923. The lowest BCUT2D eigenvalue weighted by Gasteiger charge is -2.15. The SMILES string of the molecule is CC(C)CNC(=O)c1c(C#N)ccn1-c1ccc(N(C)C)cc1. The molecule has 0 saturated carbocycles. The highest BCUT2D eigenvalue weighted by Crippen LogP contribution is 2.20. The zero-order valence-electron chi connectivity index (χ0n) is 14.0. The molecule has 1 aromatic heterocycles. The van der Waals surface area contributed by atoms with Crippen LogP contribution >= 0.6 is 0 Å². The van der Waals surface area contributed by atoms with Gasteiger partial charge in [-0.05, 0) is 36.2 Å². The highest BCUT2D eigenvalue weighted by atomic mass is 16.1. The van der Waals surface area contributed by atoms with Crippen LogP contribution in [-0.2, 0) is 0 Å². The lowest BCUT2D eigenvalue weighted by Crippen LogP contribution is -2.29. The second-order valence-corrected chi connectivity index (χ2v) is 6.07. The number of nitrogens with one attached hydrogen (secondary N) is 1. The number of benzene rings is 1. The molecule has 1 heterocycles. The van der Waals surface area contributed by atoms with Crippen molar-refractivity contribution < 1.29 is 4.79 Å². The molecule has 0 aliphatic carbocycles. The molecule has 5 nitrogen and oxygen atoms in total. The predicted octanol–water partition coefficient (Wildman–Crippen LogP) is 2.80. The molecular formula is C18H22N4O. The fourth-order valence-electron chi connectivity index (χ4n) is 2.26. The van der Waals surface area contributed by atoms with Crippen molar-refractivity contribution >= 4 is 11.6 Å². The van der Waals surface area contributed by atoms with Crippen LogP contribution in [0.3, 0.4) is 0 Å². The summed E-state index contributed by atoms with van der Waals surface area (Å²) in [6.07, 6.45) is 1.76. The van der Waals surface area contributed by atoms with Crippen molar-refractivity contribution in [3.8, 4) is 11.8 Å². The number of amides is 1. The molecule has 1 N–H and O–H groups in total. The molecule has 1 aromatic carbocycles. The van der Waals surface area contributed by atoms with Crippen molar-refractivity contribution in [3.63, 3.8) is 0 Å². The molecule has 0 atom stereocenters. The van der Waals surface area contributed by atoms with Crippen LogP contribution < -0.4 is 10.2 Å². The van der Waals surface area contributed by atoms with Crippen molar-refractivity contribution in [3.05, 3.63) is 47.8 Å². The van der Waals surface area contributed by atoms with Gasteiger partial charge in [0.1, 0.15) is 11.8 Å². The third-order valence-electron chi connectivity index (χ3n) is 3.54. The molecule has 0 spiro atoms. The molecular weight excluding hydrogens is 288 g/mol. The van der Waals surface area contributed by atoms with Crippen LogP contribution in [0.1, 0.15) is 29.9 Å². The first-order valence-electron chi connectivity index (χ1n) is 7.61. The maximum atomic E-state index is 12.5. The summed E-state index contributed by atoms with van der Waals surface area (Å²) in [5, 5.41) is 12.2. The lowest BCUT2D eigenvalue weighted by molar-refractivity contribution is 0.0942. The van der Waals surface area contributed by atoms with Gasteiger partial charge in [-0.2, -0.15) is 5.26 Å². The Morgan fingerprint density at radius 3 is 2.43 bits per heavy atom. The van der Waals surface area contributed by atoms with Crippen molar-refractivity contribution in [2.45, 2.75) is 13.8 Å². The summed E-state index contributed by atoms with van der Waals surface area (Å²) in [6.45, 7) is 4.64. The minimum atomic E-state index is -0.225. The Kier molecular flexibility index (Phi) is 5.07. The Hall–Kier alpha value is -2.74. The first kappa shape index (κ1) is 16.6. The van der Waals surface area contributed by atoms with E-state index >= 15 is 0 Å². The Morgan fingerprint density at radius 1 is 1.26 bits per heavy atom. The number of carbonyl (C=O) groups is 1. The number of anilines is 1.